The molecule has 3 aromatic rings. The van der Waals surface area contributed by atoms with Crippen molar-refractivity contribution in [1.29, 1.82) is 0 Å². The molecule has 0 fully saturated rings. The van der Waals surface area contributed by atoms with E-state index in [1.165, 1.54) is 23.1 Å². The number of rotatable bonds is 5. The first-order valence-electron chi connectivity index (χ1n) is 9.14. The summed E-state index contributed by atoms with van der Waals surface area (Å²) in [5.74, 6) is -4.64. The zero-order valence-corrected chi connectivity index (χ0v) is 16.0. The number of pyridine rings is 1. The van der Waals surface area contributed by atoms with Gasteiger partial charge < -0.3 is 29.6 Å². The second-order valence-electron chi connectivity index (χ2n) is 6.92. The largest absolute Gasteiger partial charge is 0.486 e. The van der Waals surface area contributed by atoms with Gasteiger partial charge in [-0.1, -0.05) is 5.16 Å². The van der Waals surface area contributed by atoms with E-state index in [0.717, 1.165) is 0 Å². The van der Waals surface area contributed by atoms with Gasteiger partial charge in [-0.25, -0.2) is 4.39 Å². The number of nitrogens with one attached hydrogen (secondary N) is 2. The van der Waals surface area contributed by atoms with Gasteiger partial charge in [0.05, 0.1) is 23.6 Å². The molecule has 2 unspecified atom stereocenters. The number of nitrogens with zero attached hydrogens (tertiary/aromatic N) is 2. The summed E-state index contributed by atoms with van der Waals surface area (Å²) in [4.78, 5) is 37.9. The minimum absolute atomic E-state index is 0.00816. The van der Waals surface area contributed by atoms with Crippen LogP contribution < -0.4 is 20.8 Å². The lowest BCUT2D eigenvalue weighted by Gasteiger charge is -2.27. The van der Waals surface area contributed by atoms with Crippen LogP contribution in [0.15, 0.2) is 33.9 Å². The van der Waals surface area contributed by atoms with Crippen molar-refractivity contribution in [2.24, 2.45) is 0 Å². The Morgan fingerprint density at radius 3 is 2.87 bits per heavy atom. The average molecular weight is 434 g/mol. The zero-order chi connectivity index (χ0) is 22.3. The van der Waals surface area contributed by atoms with Crippen LogP contribution in [0, 0.1) is 11.6 Å². The molecule has 0 radical (unpaired) electrons. The summed E-state index contributed by atoms with van der Waals surface area (Å²) < 4.78 is 39.4. The molecule has 0 saturated carbocycles. The Labute approximate surface area is 172 Å². The van der Waals surface area contributed by atoms with Crippen molar-refractivity contribution < 1.29 is 32.7 Å². The van der Waals surface area contributed by atoms with Crippen molar-refractivity contribution in [3.8, 4) is 5.75 Å². The van der Waals surface area contributed by atoms with Crippen LogP contribution in [0.4, 0.5) is 14.6 Å². The number of halogens is 2. The molecule has 0 spiro atoms. The Morgan fingerprint density at radius 1 is 1.42 bits per heavy atom. The van der Waals surface area contributed by atoms with Gasteiger partial charge in [0.2, 0.25) is 11.2 Å². The summed E-state index contributed by atoms with van der Waals surface area (Å²) in [6.07, 6.45) is 2.41. The maximum atomic E-state index is 14.1. The Bertz CT molecular complexity index is 1240. The summed E-state index contributed by atoms with van der Waals surface area (Å²) >= 11 is 0. The number of anilines is 1. The molecular weight excluding hydrogens is 418 g/mol. The summed E-state index contributed by atoms with van der Waals surface area (Å²) in [7, 11) is 0. The first-order chi connectivity index (χ1) is 14.8. The van der Waals surface area contributed by atoms with Gasteiger partial charge in [0.15, 0.2) is 17.4 Å². The molecule has 1 aliphatic rings. The van der Waals surface area contributed by atoms with Gasteiger partial charge in [-0.3, -0.25) is 14.4 Å². The van der Waals surface area contributed by atoms with Gasteiger partial charge in [0.25, 0.3) is 11.8 Å². The van der Waals surface area contributed by atoms with E-state index in [2.05, 4.69) is 20.3 Å². The third-order valence-electron chi connectivity index (χ3n) is 4.85. The maximum absolute atomic E-state index is 14.1. The number of carbonyl (C=O) groups is 2. The zero-order valence-electron chi connectivity index (χ0n) is 16.0. The fourth-order valence-electron chi connectivity index (χ4n) is 3.28. The molecule has 1 aliphatic heterocycles. The molecule has 2 aromatic heterocycles. The lowest BCUT2D eigenvalue weighted by molar-refractivity contribution is -0.118. The molecule has 3 heterocycles. The van der Waals surface area contributed by atoms with Gasteiger partial charge in [-0.2, -0.15) is 4.39 Å². The molecule has 31 heavy (non-hydrogen) atoms. The first-order valence-corrected chi connectivity index (χ1v) is 9.14. The molecule has 1 aromatic carbocycles. The van der Waals surface area contributed by atoms with Crippen LogP contribution in [-0.4, -0.2) is 45.9 Å². The summed E-state index contributed by atoms with van der Waals surface area (Å²) in [5.41, 5.74) is -1.26. The number of benzene rings is 1. The second-order valence-corrected chi connectivity index (χ2v) is 6.92. The topological polar surface area (TPSA) is 136 Å². The van der Waals surface area contributed by atoms with Crippen LogP contribution in [0.3, 0.4) is 0 Å². The van der Waals surface area contributed by atoms with E-state index in [9.17, 15) is 28.3 Å². The Hall–Kier alpha value is -3.80. The highest BCUT2D eigenvalue weighted by molar-refractivity contribution is 6.02. The number of hydrogen-bond acceptors (Lipinski definition) is 7. The van der Waals surface area contributed by atoms with Crippen LogP contribution in [0.25, 0.3) is 10.9 Å². The van der Waals surface area contributed by atoms with Gasteiger partial charge in [0.1, 0.15) is 24.5 Å². The van der Waals surface area contributed by atoms with Gasteiger partial charge in [-0.15, -0.1) is 0 Å². The highest BCUT2D eigenvalue weighted by atomic mass is 19.2. The molecule has 3 N–H and O–H groups in total. The van der Waals surface area contributed by atoms with Gasteiger partial charge in [-0.05, 0) is 13.0 Å². The van der Waals surface area contributed by atoms with E-state index in [-0.39, 0.29) is 23.3 Å². The average Bonchev–Trinajstić information content (AvgIpc) is 3.25. The molecule has 2 amide bonds. The summed E-state index contributed by atoms with van der Waals surface area (Å²) in [5, 5.41) is 17.3. The Balaban J connectivity index is 1.71. The Morgan fingerprint density at radius 2 is 2.19 bits per heavy atom. The number of ether oxygens (including phenoxy) is 1. The van der Waals surface area contributed by atoms with Crippen LogP contribution in [0.2, 0.25) is 0 Å². The van der Waals surface area contributed by atoms with Crippen molar-refractivity contribution in [3.63, 3.8) is 0 Å². The van der Waals surface area contributed by atoms with E-state index in [1.54, 1.807) is 6.92 Å². The third-order valence-corrected chi connectivity index (χ3v) is 4.85. The van der Waals surface area contributed by atoms with Crippen LogP contribution in [0.5, 0.6) is 5.75 Å². The van der Waals surface area contributed by atoms with E-state index in [1.807, 2.05) is 0 Å². The molecule has 2 atom stereocenters. The quantitative estimate of drug-likeness (QED) is 0.544. The van der Waals surface area contributed by atoms with Crippen molar-refractivity contribution in [2.45, 2.75) is 19.0 Å². The molecule has 162 valence electrons. The summed E-state index contributed by atoms with van der Waals surface area (Å²) in [6.45, 7) is 0.925. The molecular formula is C19H16F2N4O6. The standard InChI is InChI=1S/C19H16F2N4O6/c1-8-7-30-17-14(21)11(20)4-9-15(17)25(8)5-10(16(9)27)18(28)22-12(6-26)19(29)23-13-2-3-31-24-13/h2-5,8,12,26H,6-7H2,1H3,(H,22,28)(H,23,24,29). The summed E-state index contributed by atoms with van der Waals surface area (Å²) in [6, 6.07) is 0.244. The van der Waals surface area contributed by atoms with Crippen molar-refractivity contribution >= 4 is 28.5 Å². The number of amides is 2. The SMILES string of the molecule is CC1COc2c(F)c(F)cc3c(=O)c(C(=O)NC(CO)C(=O)Nc4ccon4)cn1c23. The Kier molecular flexibility index (Phi) is 5.15. The minimum atomic E-state index is -1.41. The lowest BCUT2D eigenvalue weighted by Crippen LogP contribution is -2.47. The molecule has 0 aliphatic carbocycles. The van der Waals surface area contributed by atoms with E-state index < -0.39 is 58.9 Å². The van der Waals surface area contributed by atoms with Gasteiger partial charge >= 0.3 is 0 Å². The van der Waals surface area contributed by atoms with E-state index >= 15 is 0 Å². The first kappa shape index (κ1) is 20.5. The normalized spacial score (nSPS) is 15.9. The smallest absolute Gasteiger partial charge is 0.257 e. The molecule has 12 heteroatoms. The van der Waals surface area contributed by atoms with Crippen LogP contribution >= 0.6 is 0 Å². The fourth-order valence-corrected chi connectivity index (χ4v) is 3.28. The molecule has 0 saturated heterocycles. The second kappa shape index (κ2) is 7.80. The lowest BCUT2D eigenvalue weighted by atomic mass is 10.1. The number of aromatic nitrogens is 2. The molecule has 4 rings (SSSR count). The number of aliphatic hydroxyl groups is 1. The molecule has 10 nitrogen and oxygen atoms in total. The number of aliphatic hydroxyl groups excluding tert-OH is 1. The highest BCUT2D eigenvalue weighted by Gasteiger charge is 2.29. The van der Waals surface area contributed by atoms with Crippen molar-refractivity contribution in [1.82, 2.24) is 15.0 Å². The predicted molar refractivity (Wildman–Crippen MR) is 102 cm³/mol. The predicted octanol–water partition coefficient (Wildman–Crippen LogP) is 0.950. The fraction of sp³-hybridized carbons (Fsp3) is 0.263. The molecule has 0 bridgehead atoms. The van der Waals surface area contributed by atoms with Crippen molar-refractivity contribution in [3.05, 3.63) is 52.0 Å². The van der Waals surface area contributed by atoms with Gasteiger partial charge in [0, 0.05) is 12.3 Å². The number of hydrogen-bond donors (Lipinski definition) is 3. The number of carbonyl (C=O) groups excluding carboxylic acids is 2. The highest BCUT2D eigenvalue weighted by Crippen LogP contribution is 2.35. The van der Waals surface area contributed by atoms with Crippen LogP contribution in [-0.2, 0) is 4.79 Å². The van der Waals surface area contributed by atoms with Crippen molar-refractivity contribution in [2.75, 3.05) is 18.5 Å². The van der Waals surface area contributed by atoms with Crippen LogP contribution in [0.1, 0.15) is 23.3 Å². The monoisotopic (exact) mass is 434 g/mol. The third kappa shape index (κ3) is 3.50. The maximum Gasteiger partial charge on any atom is 0.257 e. The minimum Gasteiger partial charge on any atom is -0.486 e. The van der Waals surface area contributed by atoms with E-state index in [0.29, 0.717) is 6.07 Å². The van der Waals surface area contributed by atoms with E-state index in [4.69, 9.17) is 4.74 Å².